The van der Waals surface area contributed by atoms with Gasteiger partial charge in [-0.3, -0.25) is 9.79 Å². The molecule has 0 aliphatic carbocycles. The van der Waals surface area contributed by atoms with Crippen molar-refractivity contribution in [2.45, 2.75) is 19.9 Å². The molecule has 1 aliphatic rings. The van der Waals surface area contributed by atoms with Crippen LogP contribution in [0.2, 0.25) is 0 Å². The molecule has 0 aromatic carbocycles. The van der Waals surface area contributed by atoms with Gasteiger partial charge in [0.25, 0.3) is 0 Å². The van der Waals surface area contributed by atoms with E-state index < -0.39 is 0 Å². The highest BCUT2D eigenvalue weighted by Crippen LogP contribution is 2.30. The normalized spacial score (nSPS) is 17.1. The Labute approximate surface area is 160 Å². The van der Waals surface area contributed by atoms with Gasteiger partial charge in [0.05, 0.1) is 11.6 Å². The Bertz CT molecular complexity index is 697. The first-order chi connectivity index (χ1) is 12.6. The number of amidine groups is 1. The number of nitrogens with one attached hydrogen (secondary N) is 1. The second-order valence-corrected chi connectivity index (χ2v) is 7.35. The van der Waals surface area contributed by atoms with Crippen LogP contribution in [0.1, 0.15) is 17.4 Å². The summed E-state index contributed by atoms with van der Waals surface area (Å²) in [5.41, 5.74) is 1.11. The van der Waals surface area contributed by atoms with Crippen LogP contribution in [0.15, 0.2) is 48.0 Å². The molecule has 140 valence electrons. The lowest BCUT2D eigenvalue weighted by Gasteiger charge is -2.34. The molecule has 26 heavy (non-hydrogen) atoms. The van der Waals surface area contributed by atoms with Gasteiger partial charge in [0, 0.05) is 38.1 Å². The molecule has 1 unspecified atom stereocenters. The molecular weight excluding hydrogens is 344 g/mol. The van der Waals surface area contributed by atoms with Crippen LogP contribution in [0.25, 0.3) is 0 Å². The van der Waals surface area contributed by atoms with E-state index in [1.165, 1.54) is 4.88 Å². The smallest absolute Gasteiger partial charge is 0.209 e. The molecule has 1 saturated heterocycles. The first kappa shape index (κ1) is 20.0. The van der Waals surface area contributed by atoms with Crippen molar-refractivity contribution in [3.63, 3.8) is 0 Å². The Hall–Kier alpha value is -2.34. The van der Waals surface area contributed by atoms with Crippen molar-refractivity contribution < 1.29 is 4.79 Å². The standard InChI is InChI=1S/C20H28N4OS/c1-5-7-8-9-17(6-2)22-20-18(14-16(3)26-20)19(21-4)24-12-10-23(15-25)11-13-24/h5-9,14-15,17,22H,2,10-13H2,1,3-4H3/b7-5-,9-8-,21-19?. The van der Waals surface area contributed by atoms with Crippen LogP contribution in [0.4, 0.5) is 5.00 Å². The number of aryl methyl sites for hydroxylation is 1. The summed E-state index contributed by atoms with van der Waals surface area (Å²) in [5, 5.41) is 4.65. The zero-order chi connectivity index (χ0) is 18.9. The predicted molar refractivity (Wildman–Crippen MR) is 112 cm³/mol. The molecule has 6 heteroatoms. The van der Waals surface area contributed by atoms with E-state index in [1.807, 2.05) is 43.2 Å². The van der Waals surface area contributed by atoms with Gasteiger partial charge in [0.1, 0.15) is 10.8 Å². The van der Waals surface area contributed by atoms with E-state index in [-0.39, 0.29) is 6.04 Å². The fourth-order valence-electron chi connectivity index (χ4n) is 2.89. The number of piperazine rings is 1. The van der Waals surface area contributed by atoms with Crippen LogP contribution < -0.4 is 5.32 Å². The van der Waals surface area contributed by atoms with E-state index >= 15 is 0 Å². The molecule has 1 amide bonds. The first-order valence-electron chi connectivity index (χ1n) is 8.83. The van der Waals surface area contributed by atoms with E-state index in [0.717, 1.165) is 49.0 Å². The summed E-state index contributed by atoms with van der Waals surface area (Å²) in [7, 11) is 1.83. The van der Waals surface area contributed by atoms with Gasteiger partial charge in [-0.05, 0) is 19.9 Å². The lowest BCUT2D eigenvalue weighted by Crippen LogP contribution is -2.48. The number of aliphatic imine (C=N–C) groups is 1. The molecule has 0 radical (unpaired) electrons. The Kier molecular flexibility index (Phi) is 7.66. The maximum absolute atomic E-state index is 10.9. The molecule has 5 nitrogen and oxygen atoms in total. The lowest BCUT2D eigenvalue weighted by atomic mass is 10.2. The third kappa shape index (κ3) is 5.08. The van der Waals surface area contributed by atoms with Crippen LogP contribution in [0, 0.1) is 6.92 Å². The minimum atomic E-state index is 0.0491. The van der Waals surface area contributed by atoms with Crippen molar-refractivity contribution in [1.82, 2.24) is 9.80 Å². The third-order valence-corrected chi connectivity index (χ3v) is 5.23. The first-order valence-corrected chi connectivity index (χ1v) is 9.65. The molecule has 0 spiro atoms. The van der Waals surface area contributed by atoms with E-state index in [0.29, 0.717) is 0 Å². The zero-order valence-corrected chi connectivity index (χ0v) is 16.6. The number of carbonyl (C=O) groups is 1. The Balaban J connectivity index is 2.20. The van der Waals surface area contributed by atoms with Crippen molar-refractivity contribution in [2.75, 3.05) is 38.5 Å². The molecule has 1 aromatic rings. The molecule has 1 atom stereocenters. The number of nitrogens with zero attached hydrogens (tertiary/aromatic N) is 3. The van der Waals surface area contributed by atoms with Crippen molar-refractivity contribution >= 4 is 28.6 Å². The van der Waals surface area contributed by atoms with Crippen molar-refractivity contribution in [1.29, 1.82) is 0 Å². The summed E-state index contributed by atoms with van der Waals surface area (Å²) in [6.45, 7) is 11.1. The van der Waals surface area contributed by atoms with E-state index in [9.17, 15) is 4.79 Å². The van der Waals surface area contributed by atoms with Gasteiger partial charge >= 0.3 is 0 Å². The second kappa shape index (κ2) is 9.97. The number of amides is 1. The number of anilines is 1. The van der Waals surface area contributed by atoms with Gasteiger partial charge in [-0.1, -0.05) is 30.4 Å². The molecule has 2 rings (SSSR count). The van der Waals surface area contributed by atoms with Crippen molar-refractivity contribution in [2.24, 2.45) is 4.99 Å². The predicted octanol–water partition coefficient (Wildman–Crippen LogP) is 3.31. The van der Waals surface area contributed by atoms with Crippen LogP contribution in [0.3, 0.4) is 0 Å². The summed E-state index contributed by atoms with van der Waals surface area (Å²) in [4.78, 5) is 20.8. The highest BCUT2D eigenvalue weighted by Gasteiger charge is 2.23. The fourth-order valence-corrected chi connectivity index (χ4v) is 3.84. The number of rotatable bonds is 7. The van der Waals surface area contributed by atoms with E-state index in [4.69, 9.17) is 0 Å². The summed E-state index contributed by atoms with van der Waals surface area (Å²) < 4.78 is 0. The average Bonchev–Trinajstić information content (AvgIpc) is 3.02. The number of carbonyl (C=O) groups excluding carboxylic acids is 1. The SMILES string of the molecule is C=CC(/C=C\C=C/C)Nc1sc(C)cc1C(=NC)N1CCN(C=O)CC1. The van der Waals surface area contributed by atoms with Gasteiger partial charge in [-0.25, -0.2) is 0 Å². The third-order valence-electron chi connectivity index (χ3n) is 4.24. The van der Waals surface area contributed by atoms with Gasteiger partial charge in [-0.2, -0.15) is 0 Å². The minimum absolute atomic E-state index is 0.0491. The molecular formula is C20H28N4OS. The van der Waals surface area contributed by atoms with Crippen LogP contribution in [-0.4, -0.2) is 61.3 Å². The molecule has 1 aromatic heterocycles. The van der Waals surface area contributed by atoms with Crippen molar-refractivity contribution in [3.05, 3.63) is 53.5 Å². The number of thiophene rings is 1. The lowest BCUT2D eigenvalue weighted by molar-refractivity contribution is -0.119. The quantitative estimate of drug-likeness (QED) is 0.263. The molecule has 1 N–H and O–H groups in total. The van der Waals surface area contributed by atoms with Gasteiger partial charge in [0.15, 0.2) is 0 Å². The number of allylic oxidation sites excluding steroid dienone is 3. The Morgan fingerprint density at radius 3 is 2.65 bits per heavy atom. The summed E-state index contributed by atoms with van der Waals surface area (Å²) in [6, 6.07) is 2.23. The van der Waals surface area contributed by atoms with Crippen LogP contribution >= 0.6 is 11.3 Å². The number of hydrogen-bond donors (Lipinski definition) is 1. The second-order valence-electron chi connectivity index (χ2n) is 6.09. The van der Waals surface area contributed by atoms with Gasteiger partial charge in [-0.15, -0.1) is 17.9 Å². The monoisotopic (exact) mass is 372 g/mol. The topological polar surface area (TPSA) is 47.9 Å². The highest BCUT2D eigenvalue weighted by molar-refractivity contribution is 7.16. The summed E-state index contributed by atoms with van der Waals surface area (Å²) in [5.74, 6) is 0.975. The fraction of sp³-hybridized carbons (Fsp3) is 0.400. The Morgan fingerprint density at radius 2 is 2.08 bits per heavy atom. The average molecular weight is 373 g/mol. The van der Waals surface area contributed by atoms with Gasteiger partial charge < -0.3 is 15.1 Å². The maximum Gasteiger partial charge on any atom is 0.209 e. The highest BCUT2D eigenvalue weighted by atomic mass is 32.1. The van der Waals surface area contributed by atoms with Crippen LogP contribution in [0.5, 0.6) is 0 Å². The molecule has 1 fully saturated rings. The minimum Gasteiger partial charge on any atom is -0.367 e. The van der Waals surface area contributed by atoms with Crippen LogP contribution in [-0.2, 0) is 4.79 Å². The van der Waals surface area contributed by atoms with E-state index in [1.54, 1.807) is 11.3 Å². The zero-order valence-electron chi connectivity index (χ0n) is 15.8. The Morgan fingerprint density at radius 1 is 1.35 bits per heavy atom. The number of hydrogen-bond acceptors (Lipinski definition) is 4. The van der Waals surface area contributed by atoms with Gasteiger partial charge in [0.2, 0.25) is 6.41 Å². The largest absolute Gasteiger partial charge is 0.367 e. The molecule has 0 bridgehead atoms. The molecule has 2 heterocycles. The molecule has 0 saturated carbocycles. The van der Waals surface area contributed by atoms with Crippen molar-refractivity contribution in [3.8, 4) is 0 Å². The summed E-state index contributed by atoms with van der Waals surface area (Å²) in [6.07, 6.45) is 10.9. The molecule has 1 aliphatic heterocycles. The summed E-state index contributed by atoms with van der Waals surface area (Å²) >= 11 is 1.73. The van der Waals surface area contributed by atoms with E-state index in [2.05, 4.69) is 40.9 Å². The maximum atomic E-state index is 10.9.